The van der Waals surface area contributed by atoms with Crippen molar-refractivity contribution < 1.29 is 4.57 Å². The van der Waals surface area contributed by atoms with Crippen LogP contribution in [0.3, 0.4) is 0 Å². The van der Waals surface area contributed by atoms with Crippen LogP contribution >= 0.6 is 11.3 Å². The van der Waals surface area contributed by atoms with E-state index in [2.05, 4.69) is 94.6 Å². The fourth-order valence-electron chi connectivity index (χ4n) is 4.04. The highest BCUT2D eigenvalue weighted by Gasteiger charge is 2.48. The number of aromatic nitrogens is 3. The van der Waals surface area contributed by atoms with Crippen molar-refractivity contribution in [2.24, 2.45) is 14.1 Å². The molecule has 1 atom stereocenters. The molecule has 3 heterocycles. The molecule has 1 aromatic carbocycles. The number of para-hydroxylation sites is 2. The minimum absolute atomic E-state index is 0.189. The van der Waals surface area contributed by atoms with Crippen LogP contribution in [0.25, 0.3) is 0 Å². The summed E-state index contributed by atoms with van der Waals surface area (Å²) in [4.78, 5) is 9.54. The molecule has 0 amide bonds. The van der Waals surface area contributed by atoms with E-state index in [1.807, 2.05) is 12.4 Å². The molecule has 0 N–H and O–H groups in total. The average Bonchev–Trinajstić information content (AvgIpc) is 3.24. The molecule has 0 aliphatic carbocycles. The minimum Gasteiger partial charge on any atom is -0.336 e. The predicted molar refractivity (Wildman–Crippen MR) is 102 cm³/mol. The Morgan fingerprint density at radius 3 is 2.52 bits per heavy atom. The van der Waals surface area contributed by atoms with Crippen LogP contribution < -0.4 is 14.4 Å². The minimum atomic E-state index is -0.238. The Morgan fingerprint density at radius 2 is 1.92 bits per heavy atom. The van der Waals surface area contributed by atoms with Crippen molar-refractivity contribution in [2.75, 3.05) is 9.80 Å². The first-order valence-corrected chi connectivity index (χ1v) is 9.39. The van der Waals surface area contributed by atoms with E-state index in [0.29, 0.717) is 0 Å². The largest absolute Gasteiger partial charge is 0.342 e. The SMILES string of the molecule is C[C@@H]1N(c2scc[n+]2C)c2ccccc2N1C(C)(C)c1nccn1C. The van der Waals surface area contributed by atoms with Crippen LogP contribution in [0.1, 0.15) is 26.6 Å². The molecule has 2 aromatic heterocycles. The van der Waals surface area contributed by atoms with Gasteiger partial charge >= 0.3 is 5.13 Å². The van der Waals surface area contributed by atoms with Gasteiger partial charge in [0.25, 0.3) is 0 Å². The van der Waals surface area contributed by atoms with Crippen LogP contribution in [-0.4, -0.2) is 15.7 Å². The van der Waals surface area contributed by atoms with Gasteiger partial charge in [-0.1, -0.05) is 23.5 Å². The van der Waals surface area contributed by atoms with Crippen LogP contribution in [0.4, 0.5) is 16.5 Å². The van der Waals surface area contributed by atoms with Crippen molar-refractivity contribution in [2.45, 2.75) is 32.5 Å². The zero-order chi connectivity index (χ0) is 17.8. The van der Waals surface area contributed by atoms with Crippen molar-refractivity contribution in [3.63, 3.8) is 0 Å². The lowest BCUT2D eigenvalue weighted by Gasteiger charge is -2.38. The highest BCUT2D eigenvalue weighted by Crippen LogP contribution is 2.48. The summed E-state index contributed by atoms with van der Waals surface area (Å²) in [6.07, 6.45) is 6.19. The Bertz CT molecular complexity index is 910. The van der Waals surface area contributed by atoms with Gasteiger partial charge in [-0.05, 0) is 32.9 Å². The molecule has 4 rings (SSSR count). The number of hydrogen-bond donors (Lipinski definition) is 0. The lowest BCUT2D eigenvalue weighted by molar-refractivity contribution is -0.654. The Labute approximate surface area is 152 Å². The number of imidazole rings is 1. The molecule has 0 unspecified atom stereocenters. The second-order valence-electron chi connectivity index (χ2n) is 7.08. The van der Waals surface area contributed by atoms with E-state index >= 15 is 0 Å². The summed E-state index contributed by atoms with van der Waals surface area (Å²) in [5.74, 6) is 1.06. The lowest BCUT2D eigenvalue weighted by atomic mass is 10.00. The number of thiazole rings is 1. The maximum Gasteiger partial charge on any atom is 0.342 e. The smallest absolute Gasteiger partial charge is 0.336 e. The molecule has 0 bridgehead atoms. The van der Waals surface area contributed by atoms with Gasteiger partial charge in [-0.2, -0.15) is 4.90 Å². The summed E-state index contributed by atoms with van der Waals surface area (Å²) in [6.45, 7) is 6.77. The quantitative estimate of drug-likeness (QED) is 0.674. The molecule has 5 nitrogen and oxygen atoms in total. The standard InChI is InChI=1S/C19H24N5S/c1-14-23(18-22(5)12-13-25-18)15-8-6-7-9-16(15)24(14)19(2,3)17-20-10-11-21(17)4/h6-14H,1-5H3/q+1/t14-/m1/s1. The second kappa shape index (κ2) is 5.59. The number of fused-ring (bicyclic) bond motifs is 1. The molecule has 0 fully saturated rings. The Kier molecular flexibility index (Phi) is 3.61. The van der Waals surface area contributed by atoms with Gasteiger partial charge in [0.1, 0.15) is 12.0 Å². The van der Waals surface area contributed by atoms with Gasteiger partial charge in [-0.15, -0.1) is 0 Å². The van der Waals surface area contributed by atoms with E-state index in [9.17, 15) is 0 Å². The molecule has 6 heteroatoms. The van der Waals surface area contributed by atoms with Crippen LogP contribution in [0.2, 0.25) is 0 Å². The van der Waals surface area contributed by atoms with Crippen molar-refractivity contribution in [3.05, 3.63) is 54.1 Å². The van der Waals surface area contributed by atoms with E-state index in [1.165, 1.54) is 16.5 Å². The van der Waals surface area contributed by atoms with Crippen molar-refractivity contribution in [1.82, 2.24) is 9.55 Å². The molecule has 25 heavy (non-hydrogen) atoms. The average molecular weight is 355 g/mol. The number of anilines is 3. The number of nitrogens with zero attached hydrogens (tertiary/aromatic N) is 5. The summed E-state index contributed by atoms with van der Waals surface area (Å²) in [6, 6.07) is 8.65. The van der Waals surface area contributed by atoms with E-state index in [-0.39, 0.29) is 11.7 Å². The Morgan fingerprint density at radius 1 is 1.20 bits per heavy atom. The summed E-state index contributed by atoms with van der Waals surface area (Å²) < 4.78 is 4.30. The molecule has 0 spiro atoms. The van der Waals surface area contributed by atoms with Gasteiger partial charge in [0.05, 0.1) is 18.3 Å². The van der Waals surface area contributed by atoms with E-state index in [4.69, 9.17) is 0 Å². The number of benzene rings is 1. The number of rotatable bonds is 3. The Hall–Kier alpha value is -2.34. The molecular weight excluding hydrogens is 330 g/mol. The van der Waals surface area contributed by atoms with Gasteiger partial charge in [-0.25, -0.2) is 9.55 Å². The van der Waals surface area contributed by atoms with E-state index in [0.717, 1.165) is 5.82 Å². The monoisotopic (exact) mass is 354 g/mol. The number of hydrogen-bond acceptors (Lipinski definition) is 4. The zero-order valence-corrected chi connectivity index (χ0v) is 16.2. The highest BCUT2D eigenvalue weighted by molar-refractivity contribution is 7.13. The molecule has 0 saturated heterocycles. The van der Waals surface area contributed by atoms with Gasteiger partial charge < -0.3 is 9.47 Å². The molecule has 0 radical (unpaired) electrons. The first-order valence-electron chi connectivity index (χ1n) is 8.51. The third-order valence-electron chi connectivity index (χ3n) is 5.08. The van der Waals surface area contributed by atoms with Gasteiger partial charge in [-0.3, -0.25) is 0 Å². The summed E-state index contributed by atoms with van der Waals surface area (Å²) >= 11 is 1.77. The molecular formula is C19H24N5S+. The summed E-state index contributed by atoms with van der Waals surface area (Å²) in [5, 5.41) is 3.37. The summed E-state index contributed by atoms with van der Waals surface area (Å²) in [5.41, 5.74) is 2.25. The fraction of sp³-hybridized carbons (Fsp3) is 0.368. The lowest BCUT2D eigenvalue weighted by Crippen LogP contribution is -2.51. The Balaban J connectivity index is 1.88. The van der Waals surface area contributed by atoms with Crippen LogP contribution in [0.15, 0.2) is 48.2 Å². The third-order valence-corrected chi connectivity index (χ3v) is 6.04. The molecule has 3 aromatic rings. The van der Waals surface area contributed by atoms with Crippen LogP contribution in [-0.2, 0) is 19.6 Å². The van der Waals surface area contributed by atoms with Crippen molar-refractivity contribution >= 4 is 27.8 Å². The van der Waals surface area contributed by atoms with Gasteiger partial charge in [0.15, 0.2) is 11.9 Å². The first kappa shape index (κ1) is 16.1. The second-order valence-corrected chi connectivity index (χ2v) is 7.95. The van der Waals surface area contributed by atoms with Crippen molar-refractivity contribution in [1.29, 1.82) is 0 Å². The maximum atomic E-state index is 4.64. The zero-order valence-electron chi connectivity index (χ0n) is 15.3. The maximum absolute atomic E-state index is 4.64. The molecule has 130 valence electrons. The van der Waals surface area contributed by atoms with Crippen LogP contribution in [0, 0.1) is 0 Å². The topological polar surface area (TPSA) is 28.2 Å². The van der Waals surface area contributed by atoms with Gasteiger partial charge in [0, 0.05) is 24.8 Å². The van der Waals surface area contributed by atoms with E-state index in [1.54, 1.807) is 11.3 Å². The van der Waals surface area contributed by atoms with E-state index < -0.39 is 0 Å². The summed E-state index contributed by atoms with van der Waals surface area (Å²) in [7, 11) is 4.17. The normalized spacial score (nSPS) is 17.2. The molecule has 1 aliphatic heterocycles. The van der Waals surface area contributed by atoms with Crippen LogP contribution in [0.5, 0.6) is 0 Å². The fourth-order valence-corrected chi connectivity index (χ4v) is 5.00. The first-order chi connectivity index (χ1) is 11.9. The molecule has 1 aliphatic rings. The third kappa shape index (κ3) is 2.28. The highest BCUT2D eigenvalue weighted by atomic mass is 32.1. The molecule has 0 saturated carbocycles. The van der Waals surface area contributed by atoms with Gasteiger partial charge in [0.2, 0.25) is 0 Å². The number of aryl methyl sites for hydroxylation is 2. The predicted octanol–water partition coefficient (Wildman–Crippen LogP) is 3.55. The van der Waals surface area contributed by atoms with Crippen molar-refractivity contribution in [3.8, 4) is 0 Å².